The second-order valence-electron chi connectivity index (χ2n) is 6.19. The number of carbonyl (C=O) groups is 3. The summed E-state index contributed by atoms with van der Waals surface area (Å²) in [5, 5.41) is 2.65. The topological polar surface area (TPSA) is 82.6 Å². The second-order valence-corrected chi connectivity index (χ2v) is 6.19. The summed E-state index contributed by atoms with van der Waals surface area (Å²) in [4.78, 5) is 43.7. The average Bonchev–Trinajstić information content (AvgIpc) is 2.69. The summed E-state index contributed by atoms with van der Waals surface area (Å²) in [6, 6.07) is 8.33. The Bertz CT molecular complexity index is 862. The number of aromatic nitrogens is 1. The maximum atomic E-state index is 12.9. The first-order chi connectivity index (χ1) is 12.9. The predicted molar refractivity (Wildman–Crippen MR) is 96.7 cm³/mol. The van der Waals surface area contributed by atoms with Crippen LogP contribution < -0.4 is 5.32 Å². The fourth-order valence-corrected chi connectivity index (χ4v) is 2.81. The van der Waals surface area contributed by atoms with E-state index in [1.807, 2.05) is 0 Å². The summed E-state index contributed by atoms with van der Waals surface area (Å²) >= 11 is 0. The van der Waals surface area contributed by atoms with Gasteiger partial charge in [0.15, 0.2) is 0 Å². The lowest BCUT2D eigenvalue weighted by molar-refractivity contribution is -0.130. The molecule has 140 valence electrons. The predicted octanol–water partition coefficient (Wildman–Crippen LogP) is 1.78. The van der Waals surface area contributed by atoms with Gasteiger partial charge in [0.05, 0.1) is 0 Å². The molecule has 3 amide bonds. The second kappa shape index (κ2) is 7.94. The van der Waals surface area contributed by atoms with Gasteiger partial charge >= 0.3 is 0 Å². The molecule has 0 aliphatic carbocycles. The number of rotatable bonds is 3. The third kappa shape index (κ3) is 4.46. The minimum Gasteiger partial charge on any atom is -0.339 e. The van der Waals surface area contributed by atoms with Gasteiger partial charge < -0.3 is 15.1 Å². The lowest BCUT2D eigenvalue weighted by atomic mass is 10.2. The molecule has 2 heterocycles. The number of hydrogen-bond donors (Lipinski definition) is 1. The van der Waals surface area contributed by atoms with Crippen molar-refractivity contribution in [1.29, 1.82) is 0 Å². The molecule has 1 aromatic carbocycles. The highest BCUT2D eigenvalue weighted by atomic mass is 19.1. The SMILES string of the molecule is CC(=O)N1CCN(C(=O)c2cc(C(=O)Nc3ccc(F)cc3)ccn2)CC1. The molecule has 8 heteroatoms. The van der Waals surface area contributed by atoms with Crippen molar-refractivity contribution in [3.05, 3.63) is 59.7 Å². The van der Waals surface area contributed by atoms with E-state index in [1.54, 1.807) is 9.80 Å². The van der Waals surface area contributed by atoms with Crippen molar-refractivity contribution in [1.82, 2.24) is 14.8 Å². The lowest BCUT2D eigenvalue weighted by Gasteiger charge is -2.34. The summed E-state index contributed by atoms with van der Waals surface area (Å²) in [6.07, 6.45) is 1.40. The van der Waals surface area contributed by atoms with Gasteiger partial charge in [-0.2, -0.15) is 0 Å². The van der Waals surface area contributed by atoms with Crippen LogP contribution >= 0.6 is 0 Å². The Hall–Kier alpha value is -3.29. The summed E-state index contributed by atoms with van der Waals surface area (Å²) in [5.74, 6) is -1.11. The molecule has 0 saturated carbocycles. The first-order valence-corrected chi connectivity index (χ1v) is 8.52. The Balaban J connectivity index is 1.67. The molecule has 1 aliphatic rings. The first-order valence-electron chi connectivity index (χ1n) is 8.52. The Morgan fingerprint density at radius 3 is 2.26 bits per heavy atom. The van der Waals surface area contributed by atoms with E-state index in [0.717, 1.165) is 0 Å². The van der Waals surface area contributed by atoms with Crippen LogP contribution in [0, 0.1) is 5.82 Å². The van der Waals surface area contributed by atoms with Gasteiger partial charge in [-0.15, -0.1) is 0 Å². The fourth-order valence-electron chi connectivity index (χ4n) is 2.81. The highest BCUT2D eigenvalue weighted by Crippen LogP contribution is 2.13. The van der Waals surface area contributed by atoms with E-state index in [0.29, 0.717) is 31.9 Å². The quantitative estimate of drug-likeness (QED) is 0.893. The van der Waals surface area contributed by atoms with E-state index >= 15 is 0 Å². The highest BCUT2D eigenvalue weighted by molar-refractivity contribution is 6.05. The van der Waals surface area contributed by atoms with Gasteiger partial charge in [-0.05, 0) is 36.4 Å². The lowest BCUT2D eigenvalue weighted by Crippen LogP contribution is -2.50. The fraction of sp³-hybridized carbons (Fsp3) is 0.263. The number of nitrogens with zero attached hydrogens (tertiary/aromatic N) is 3. The summed E-state index contributed by atoms with van der Waals surface area (Å²) in [7, 11) is 0. The smallest absolute Gasteiger partial charge is 0.272 e. The van der Waals surface area contributed by atoms with Crippen LogP contribution in [0.15, 0.2) is 42.6 Å². The molecule has 0 unspecified atom stereocenters. The van der Waals surface area contributed by atoms with Crippen LogP contribution in [-0.2, 0) is 4.79 Å². The molecule has 0 spiro atoms. The van der Waals surface area contributed by atoms with Gasteiger partial charge in [0, 0.05) is 50.6 Å². The molecule has 0 atom stereocenters. The van der Waals surface area contributed by atoms with Gasteiger partial charge in [-0.25, -0.2) is 4.39 Å². The van der Waals surface area contributed by atoms with E-state index in [-0.39, 0.29) is 23.1 Å². The van der Waals surface area contributed by atoms with E-state index in [2.05, 4.69) is 10.3 Å². The Labute approximate surface area is 155 Å². The number of piperazine rings is 1. The minimum atomic E-state index is -0.417. The number of pyridine rings is 1. The van der Waals surface area contributed by atoms with Crippen molar-refractivity contribution < 1.29 is 18.8 Å². The maximum absolute atomic E-state index is 12.9. The van der Waals surface area contributed by atoms with E-state index < -0.39 is 11.7 Å². The minimum absolute atomic E-state index is 0.0142. The van der Waals surface area contributed by atoms with Gasteiger partial charge in [0.1, 0.15) is 11.5 Å². The zero-order valence-electron chi connectivity index (χ0n) is 14.8. The van der Waals surface area contributed by atoms with Crippen LogP contribution in [-0.4, -0.2) is 58.7 Å². The highest BCUT2D eigenvalue weighted by Gasteiger charge is 2.24. The largest absolute Gasteiger partial charge is 0.339 e. The van der Waals surface area contributed by atoms with Crippen molar-refractivity contribution in [3.8, 4) is 0 Å². The number of halogens is 1. The molecule has 0 radical (unpaired) electrons. The molecule has 1 aliphatic heterocycles. The maximum Gasteiger partial charge on any atom is 0.272 e. The molecule has 1 N–H and O–H groups in total. The van der Waals surface area contributed by atoms with Crippen molar-refractivity contribution in [2.24, 2.45) is 0 Å². The number of hydrogen-bond acceptors (Lipinski definition) is 4. The molecule has 27 heavy (non-hydrogen) atoms. The third-order valence-electron chi connectivity index (χ3n) is 4.36. The monoisotopic (exact) mass is 370 g/mol. The third-order valence-corrected chi connectivity index (χ3v) is 4.36. The normalized spacial score (nSPS) is 14.0. The zero-order valence-corrected chi connectivity index (χ0v) is 14.8. The molecule has 3 rings (SSSR count). The first kappa shape index (κ1) is 18.5. The Morgan fingerprint density at radius 2 is 1.63 bits per heavy atom. The molecule has 1 fully saturated rings. The van der Waals surface area contributed by atoms with Gasteiger partial charge in [0.2, 0.25) is 5.91 Å². The van der Waals surface area contributed by atoms with Crippen LogP contribution in [0.1, 0.15) is 27.8 Å². The number of nitrogens with one attached hydrogen (secondary N) is 1. The Kier molecular flexibility index (Phi) is 5.44. The van der Waals surface area contributed by atoms with Crippen LogP contribution in [0.3, 0.4) is 0 Å². The number of benzene rings is 1. The van der Waals surface area contributed by atoms with Crippen LogP contribution in [0.25, 0.3) is 0 Å². The molecular formula is C19H19FN4O3. The van der Waals surface area contributed by atoms with Crippen LogP contribution in [0.5, 0.6) is 0 Å². The van der Waals surface area contributed by atoms with Gasteiger partial charge in [-0.3, -0.25) is 19.4 Å². The van der Waals surface area contributed by atoms with E-state index in [4.69, 9.17) is 0 Å². The van der Waals surface area contributed by atoms with Crippen molar-refractivity contribution in [3.63, 3.8) is 0 Å². The molecule has 1 aromatic heterocycles. The Morgan fingerprint density at radius 1 is 1.00 bits per heavy atom. The molecule has 1 saturated heterocycles. The van der Waals surface area contributed by atoms with Gasteiger partial charge in [0.25, 0.3) is 11.8 Å². The average molecular weight is 370 g/mol. The summed E-state index contributed by atoms with van der Waals surface area (Å²) in [5.41, 5.74) is 0.893. The van der Waals surface area contributed by atoms with Gasteiger partial charge in [-0.1, -0.05) is 0 Å². The number of amides is 3. The van der Waals surface area contributed by atoms with Crippen LogP contribution in [0.2, 0.25) is 0 Å². The van der Waals surface area contributed by atoms with Crippen molar-refractivity contribution in [2.45, 2.75) is 6.92 Å². The number of anilines is 1. The standard InChI is InChI=1S/C19H19FN4O3/c1-13(25)23-8-10-24(11-9-23)19(27)17-12-14(6-7-21-17)18(26)22-16-4-2-15(20)3-5-16/h2-7,12H,8-11H2,1H3,(H,22,26). The van der Waals surface area contributed by atoms with E-state index in [9.17, 15) is 18.8 Å². The molecule has 2 aromatic rings. The van der Waals surface area contributed by atoms with Crippen molar-refractivity contribution >= 4 is 23.4 Å². The zero-order chi connectivity index (χ0) is 19.4. The molecule has 7 nitrogen and oxygen atoms in total. The summed E-state index contributed by atoms with van der Waals surface area (Å²) in [6.45, 7) is 3.30. The van der Waals surface area contributed by atoms with Crippen molar-refractivity contribution in [2.75, 3.05) is 31.5 Å². The molecular weight excluding hydrogens is 351 g/mol. The molecule has 0 bridgehead atoms. The summed E-state index contributed by atoms with van der Waals surface area (Å²) < 4.78 is 12.9. The van der Waals surface area contributed by atoms with E-state index in [1.165, 1.54) is 49.5 Å². The number of carbonyl (C=O) groups excluding carboxylic acids is 3. The van der Waals surface area contributed by atoms with Crippen LogP contribution in [0.4, 0.5) is 10.1 Å².